The van der Waals surface area contributed by atoms with Crippen molar-refractivity contribution >= 4 is 35.0 Å². The number of hydrogen-bond acceptors (Lipinski definition) is 4. The first-order valence-electron chi connectivity index (χ1n) is 13.0. The summed E-state index contributed by atoms with van der Waals surface area (Å²) in [7, 11) is 0. The predicted octanol–water partition coefficient (Wildman–Crippen LogP) is 5.64. The van der Waals surface area contributed by atoms with Crippen LogP contribution in [0.2, 0.25) is 10.0 Å². The molecule has 0 spiro atoms. The number of fused-ring (bicyclic) bond motifs is 1. The van der Waals surface area contributed by atoms with Crippen LogP contribution in [-0.4, -0.2) is 45.6 Å². The Bertz CT molecular complexity index is 1350. The van der Waals surface area contributed by atoms with Gasteiger partial charge in [-0.15, -0.1) is 0 Å². The summed E-state index contributed by atoms with van der Waals surface area (Å²) in [6.45, 7) is 0.349. The zero-order valence-corrected chi connectivity index (χ0v) is 22.3. The minimum atomic E-state index is -0.749. The number of hydrogen-bond donors (Lipinski definition) is 3. The first-order valence-corrected chi connectivity index (χ1v) is 13.7. The van der Waals surface area contributed by atoms with E-state index in [-0.39, 0.29) is 17.6 Å². The van der Waals surface area contributed by atoms with Gasteiger partial charge in [0, 0.05) is 22.2 Å². The highest BCUT2D eigenvalue weighted by atomic mass is 35.5. The second-order valence-electron chi connectivity index (χ2n) is 10.0. The lowest BCUT2D eigenvalue weighted by molar-refractivity contribution is -0.125. The fraction of sp³-hybridized carbons (Fsp3) is 0.333. The maximum atomic E-state index is 14.0. The summed E-state index contributed by atoms with van der Waals surface area (Å²) in [5.41, 5.74) is 2.60. The highest BCUT2D eigenvalue weighted by Crippen LogP contribution is 2.47. The Kier molecular flexibility index (Phi) is 7.93. The zero-order valence-electron chi connectivity index (χ0n) is 20.8. The Morgan fingerprint density at radius 1 is 0.974 bits per heavy atom. The number of nitrogens with one attached hydrogen (secondary N) is 1. The highest BCUT2D eigenvalue weighted by Gasteiger charge is 2.48. The van der Waals surface area contributed by atoms with Gasteiger partial charge >= 0.3 is 0 Å². The van der Waals surface area contributed by atoms with Gasteiger partial charge in [-0.05, 0) is 66.3 Å². The van der Waals surface area contributed by atoms with Crippen LogP contribution in [0.5, 0.6) is 5.75 Å². The van der Waals surface area contributed by atoms with E-state index in [0.717, 1.165) is 18.4 Å². The van der Waals surface area contributed by atoms with E-state index in [1.165, 1.54) is 0 Å². The zero-order chi connectivity index (χ0) is 26.8. The van der Waals surface area contributed by atoms with Crippen LogP contribution in [0.25, 0.3) is 0 Å². The number of carbonyl (C=O) groups is 2. The van der Waals surface area contributed by atoms with Crippen molar-refractivity contribution in [2.45, 2.75) is 56.2 Å². The summed E-state index contributed by atoms with van der Waals surface area (Å²) < 4.78 is 0. The molecule has 3 aromatic rings. The van der Waals surface area contributed by atoms with Gasteiger partial charge in [0.1, 0.15) is 5.75 Å². The maximum Gasteiger partial charge on any atom is 0.255 e. The lowest BCUT2D eigenvalue weighted by Gasteiger charge is -2.48. The molecule has 1 aliphatic heterocycles. The van der Waals surface area contributed by atoms with Crippen molar-refractivity contribution in [3.8, 4) is 5.75 Å². The van der Waals surface area contributed by atoms with Gasteiger partial charge in [-0.1, -0.05) is 72.4 Å². The van der Waals surface area contributed by atoms with Crippen LogP contribution in [0.1, 0.15) is 64.7 Å². The molecule has 2 aliphatic rings. The molecule has 0 bridgehead atoms. The SMILES string of the molecule is O=C(NCCc1cccc(O)c1)C1c2ccccc2C(=O)N(C2CCCCC2O)C1c1ccc(Cl)cc1Cl. The summed E-state index contributed by atoms with van der Waals surface area (Å²) in [4.78, 5) is 29.7. The van der Waals surface area contributed by atoms with E-state index in [4.69, 9.17) is 23.2 Å². The molecule has 3 N–H and O–H groups in total. The minimum Gasteiger partial charge on any atom is -0.508 e. The molecule has 1 saturated carbocycles. The molecule has 1 heterocycles. The molecule has 8 heteroatoms. The van der Waals surface area contributed by atoms with Crippen molar-refractivity contribution in [3.05, 3.63) is 99.0 Å². The summed E-state index contributed by atoms with van der Waals surface area (Å²) in [5.74, 6) is -1.03. The number of halogens is 2. The molecule has 4 unspecified atom stereocenters. The number of nitrogens with zero attached hydrogens (tertiary/aromatic N) is 1. The normalized spacial score (nSPS) is 23.1. The van der Waals surface area contributed by atoms with Crippen LogP contribution in [0.3, 0.4) is 0 Å². The summed E-state index contributed by atoms with van der Waals surface area (Å²) in [6.07, 6.45) is 2.85. The predicted molar refractivity (Wildman–Crippen MR) is 148 cm³/mol. The van der Waals surface area contributed by atoms with E-state index >= 15 is 0 Å². The number of aromatic hydroxyl groups is 1. The molecule has 1 aliphatic carbocycles. The van der Waals surface area contributed by atoms with Gasteiger partial charge in [0.15, 0.2) is 0 Å². The average molecular weight is 553 g/mol. The lowest BCUT2D eigenvalue weighted by Crippen LogP contribution is -2.55. The van der Waals surface area contributed by atoms with Gasteiger partial charge in [0.25, 0.3) is 5.91 Å². The van der Waals surface area contributed by atoms with E-state index < -0.39 is 24.1 Å². The number of phenolic OH excluding ortho intramolecular Hbond substituents is 1. The Labute approximate surface area is 232 Å². The third-order valence-corrected chi connectivity index (χ3v) is 8.18. The van der Waals surface area contributed by atoms with Gasteiger partial charge < -0.3 is 20.4 Å². The monoisotopic (exact) mass is 552 g/mol. The van der Waals surface area contributed by atoms with Crippen LogP contribution in [0, 0.1) is 0 Å². The van der Waals surface area contributed by atoms with Crippen LogP contribution in [0.4, 0.5) is 0 Å². The highest BCUT2D eigenvalue weighted by molar-refractivity contribution is 6.35. The van der Waals surface area contributed by atoms with Crippen LogP contribution in [0.15, 0.2) is 66.7 Å². The molecule has 5 rings (SSSR count). The topological polar surface area (TPSA) is 89.9 Å². The van der Waals surface area contributed by atoms with E-state index in [9.17, 15) is 19.8 Å². The number of aliphatic hydroxyl groups excluding tert-OH is 1. The second kappa shape index (κ2) is 11.4. The first kappa shape index (κ1) is 26.5. The lowest BCUT2D eigenvalue weighted by atomic mass is 9.76. The molecule has 38 heavy (non-hydrogen) atoms. The quantitative estimate of drug-likeness (QED) is 0.369. The van der Waals surface area contributed by atoms with Crippen LogP contribution >= 0.6 is 23.2 Å². The largest absolute Gasteiger partial charge is 0.508 e. The fourth-order valence-electron chi connectivity index (χ4n) is 5.84. The van der Waals surface area contributed by atoms with Crippen molar-refractivity contribution in [2.24, 2.45) is 0 Å². The molecular formula is C30H30Cl2N2O4. The molecule has 0 radical (unpaired) electrons. The number of carbonyl (C=O) groups excluding carboxylic acids is 2. The Morgan fingerprint density at radius 2 is 1.76 bits per heavy atom. The minimum absolute atomic E-state index is 0.174. The summed E-state index contributed by atoms with van der Waals surface area (Å²) in [6, 6.07) is 18.0. The van der Waals surface area contributed by atoms with Crippen molar-refractivity contribution in [1.29, 1.82) is 0 Å². The number of amides is 2. The van der Waals surface area contributed by atoms with Gasteiger partial charge in [0.05, 0.1) is 24.1 Å². The number of aliphatic hydroxyl groups is 1. The van der Waals surface area contributed by atoms with E-state index in [1.807, 2.05) is 18.2 Å². The van der Waals surface area contributed by atoms with Gasteiger partial charge in [-0.2, -0.15) is 0 Å². The third-order valence-electron chi connectivity index (χ3n) is 7.61. The van der Waals surface area contributed by atoms with Gasteiger partial charge in [0.2, 0.25) is 5.91 Å². The number of phenols is 1. The molecule has 198 valence electrons. The molecular weight excluding hydrogens is 523 g/mol. The van der Waals surface area contributed by atoms with E-state index in [2.05, 4.69) is 5.32 Å². The van der Waals surface area contributed by atoms with Crippen molar-refractivity contribution in [3.63, 3.8) is 0 Å². The van der Waals surface area contributed by atoms with E-state index in [0.29, 0.717) is 52.5 Å². The molecule has 1 fully saturated rings. The smallest absolute Gasteiger partial charge is 0.255 e. The van der Waals surface area contributed by atoms with Gasteiger partial charge in [-0.25, -0.2) is 0 Å². The molecule has 3 aromatic carbocycles. The molecule has 4 atom stereocenters. The Hall–Kier alpha value is -3.06. The molecule has 2 amide bonds. The Morgan fingerprint density at radius 3 is 2.53 bits per heavy atom. The molecule has 0 saturated heterocycles. The maximum absolute atomic E-state index is 14.0. The molecule has 0 aromatic heterocycles. The summed E-state index contributed by atoms with van der Waals surface area (Å²) >= 11 is 12.9. The second-order valence-corrected chi connectivity index (χ2v) is 10.9. The average Bonchev–Trinajstić information content (AvgIpc) is 2.89. The van der Waals surface area contributed by atoms with Crippen molar-refractivity contribution in [2.75, 3.05) is 6.54 Å². The third kappa shape index (κ3) is 5.26. The van der Waals surface area contributed by atoms with Crippen molar-refractivity contribution < 1.29 is 19.8 Å². The molecule has 6 nitrogen and oxygen atoms in total. The first-order chi connectivity index (χ1) is 18.3. The number of rotatable bonds is 6. The van der Waals surface area contributed by atoms with Crippen molar-refractivity contribution in [1.82, 2.24) is 10.2 Å². The standard InChI is InChI=1S/C30H30Cl2N2O4/c31-19-12-13-23(24(32)17-19)28-27(29(37)33-15-14-18-6-5-7-20(35)16-18)21-8-1-2-9-22(21)30(38)34(28)25-10-3-4-11-26(25)36/h1-2,5-9,12-13,16-17,25-28,35-36H,3-4,10-11,14-15H2,(H,33,37). The van der Waals surface area contributed by atoms with Gasteiger partial charge in [-0.3, -0.25) is 9.59 Å². The van der Waals surface area contributed by atoms with Crippen LogP contribution < -0.4 is 5.32 Å². The van der Waals surface area contributed by atoms with E-state index in [1.54, 1.807) is 53.4 Å². The number of benzene rings is 3. The summed E-state index contributed by atoms with van der Waals surface area (Å²) in [5, 5.41) is 24.7. The Balaban J connectivity index is 1.56. The van der Waals surface area contributed by atoms with Crippen LogP contribution in [-0.2, 0) is 11.2 Å². The fourth-order valence-corrected chi connectivity index (χ4v) is 6.36.